The predicted octanol–water partition coefficient (Wildman–Crippen LogP) is 5.64. The van der Waals surface area contributed by atoms with Crippen LogP contribution in [0.3, 0.4) is 0 Å². The Morgan fingerprint density at radius 1 is 0.972 bits per heavy atom. The average Bonchev–Trinajstić information content (AvgIpc) is 3.46. The van der Waals surface area contributed by atoms with Crippen molar-refractivity contribution >= 4 is 38.6 Å². The van der Waals surface area contributed by atoms with Crippen molar-refractivity contribution in [2.75, 3.05) is 32.8 Å². The number of carbonyl (C=O) groups excluding carboxylic acids is 2. The minimum Gasteiger partial charge on any atom is -0.494 e. The van der Waals surface area contributed by atoms with Crippen LogP contribution in [-0.2, 0) is 0 Å². The molecule has 0 radical (unpaired) electrons. The van der Waals surface area contributed by atoms with E-state index in [1.807, 2.05) is 48.5 Å². The number of pyridine rings is 1. The summed E-state index contributed by atoms with van der Waals surface area (Å²) in [5.74, 6) is 0.896. The molecule has 1 fully saturated rings. The van der Waals surface area contributed by atoms with E-state index in [0.29, 0.717) is 44.1 Å². The Kier molecular flexibility index (Phi) is 7.04. The molecular formula is C28H26BrN3O4. The number of fused-ring (bicyclic) bond motifs is 1. The lowest BCUT2D eigenvalue weighted by Crippen LogP contribution is -2.50. The molecule has 1 aliphatic heterocycles. The van der Waals surface area contributed by atoms with Crippen LogP contribution in [0.1, 0.15) is 34.3 Å². The molecule has 2 aromatic heterocycles. The molecule has 0 atom stereocenters. The molecule has 2 amide bonds. The van der Waals surface area contributed by atoms with E-state index in [4.69, 9.17) is 14.1 Å². The average molecular weight is 548 g/mol. The van der Waals surface area contributed by atoms with Crippen molar-refractivity contribution in [3.63, 3.8) is 0 Å². The number of furan rings is 1. The van der Waals surface area contributed by atoms with Crippen molar-refractivity contribution in [1.29, 1.82) is 0 Å². The summed E-state index contributed by atoms with van der Waals surface area (Å²) in [6.45, 7) is 4.53. The van der Waals surface area contributed by atoms with Gasteiger partial charge in [-0.2, -0.15) is 0 Å². The van der Waals surface area contributed by atoms with Gasteiger partial charge in [0.05, 0.1) is 29.6 Å². The molecule has 1 aliphatic rings. The van der Waals surface area contributed by atoms with Gasteiger partial charge in [-0.05, 0) is 67.1 Å². The van der Waals surface area contributed by atoms with Crippen LogP contribution in [0.2, 0.25) is 0 Å². The Morgan fingerprint density at radius 3 is 2.36 bits per heavy atom. The van der Waals surface area contributed by atoms with Gasteiger partial charge < -0.3 is 19.0 Å². The predicted molar refractivity (Wildman–Crippen MR) is 141 cm³/mol. The van der Waals surface area contributed by atoms with Crippen LogP contribution in [0.15, 0.2) is 75.8 Å². The standard InChI is InChI=1S/C28H26BrN3O4/c1-2-15-35-21-8-5-19(6-9-21)25-18-23(22-17-20(29)7-10-24(22)30-25)27(33)31-11-13-32(14-12-31)28(34)26-4-3-16-36-26/h3-10,16-18H,2,11-15H2,1H3. The van der Waals surface area contributed by atoms with Crippen LogP contribution < -0.4 is 4.74 Å². The summed E-state index contributed by atoms with van der Waals surface area (Å²) in [6.07, 6.45) is 2.43. The maximum Gasteiger partial charge on any atom is 0.289 e. The number of carbonyl (C=O) groups is 2. The first kappa shape index (κ1) is 24.1. The summed E-state index contributed by atoms with van der Waals surface area (Å²) in [4.78, 5) is 34.7. The molecule has 0 N–H and O–H groups in total. The minimum absolute atomic E-state index is 0.0743. The van der Waals surface area contributed by atoms with E-state index < -0.39 is 0 Å². The molecule has 1 saturated heterocycles. The van der Waals surface area contributed by atoms with Crippen molar-refractivity contribution < 1.29 is 18.7 Å². The number of ether oxygens (including phenoxy) is 1. The highest BCUT2D eigenvalue weighted by Gasteiger charge is 2.28. The van der Waals surface area contributed by atoms with Gasteiger partial charge in [0.1, 0.15) is 5.75 Å². The van der Waals surface area contributed by atoms with Gasteiger partial charge >= 0.3 is 0 Å². The number of hydrogen-bond acceptors (Lipinski definition) is 5. The highest BCUT2D eigenvalue weighted by atomic mass is 79.9. The lowest BCUT2D eigenvalue weighted by Gasteiger charge is -2.34. The molecular weight excluding hydrogens is 522 g/mol. The second-order valence-electron chi connectivity index (χ2n) is 8.65. The van der Waals surface area contributed by atoms with Gasteiger partial charge in [0, 0.05) is 41.6 Å². The van der Waals surface area contributed by atoms with Crippen LogP contribution >= 0.6 is 15.9 Å². The van der Waals surface area contributed by atoms with E-state index in [1.165, 1.54) is 6.26 Å². The molecule has 0 saturated carbocycles. The molecule has 0 bridgehead atoms. The molecule has 5 rings (SSSR count). The Balaban J connectivity index is 1.41. The molecule has 4 aromatic rings. The highest BCUT2D eigenvalue weighted by molar-refractivity contribution is 9.10. The van der Waals surface area contributed by atoms with Crippen LogP contribution in [0.5, 0.6) is 5.75 Å². The van der Waals surface area contributed by atoms with Crippen molar-refractivity contribution in [3.05, 3.63) is 82.7 Å². The molecule has 2 aromatic carbocycles. The normalized spacial score (nSPS) is 13.7. The molecule has 7 nitrogen and oxygen atoms in total. The molecule has 36 heavy (non-hydrogen) atoms. The summed E-state index contributed by atoms with van der Waals surface area (Å²) in [7, 11) is 0. The molecule has 184 valence electrons. The maximum absolute atomic E-state index is 13.7. The second kappa shape index (κ2) is 10.5. The summed E-state index contributed by atoms with van der Waals surface area (Å²) in [5, 5.41) is 0.787. The first-order valence-corrected chi connectivity index (χ1v) is 12.8. The quantitative estimate of drug-likeness (QED) is 0.312. The number of aromatic nitrogens is 1. The third kappa shape index (κ3) is 4.99. The monoisotopic (exact) mass is 547 g/mol. The third-order valence-electron chi connectivity index (χ3n) is 6.21. The van der Waals surface area contributed by atoms with E-state index in [2.05, 4.69) is 22.9 Å². The maximum atomic E-state index is 13.7. The smallest absolute Gasteiger partial charge is 0.289 e. The number of halogens is 1. The number of hydrogen-bond donors (Lipinski definition) is 0. The fraction of sp³-hybridized carbons (Fsp3) is 0.250. The number of piperazine rings is 1. The van der Waals surface area contributed by atoms with Crippen molar-refractivity contribution in [2.24, 2.45) is 0 Å². The summed E-state index contributed by atoms with van der Waals surface area (Å²) >= 11 is 3.53. The Hall–Kier alpha value is -3.65. The van der Waals surface area contributed by atoms with Crippen molar-refractivity contribution in [2.45, 2.75) is 13.3 Å². The van der Waals surface area contributed by atoms with Gasteiger partial charge in [0.15, 0.2) is 5.76 Å². The van der Waals surface area contributed by atoms with E-state index in [-0.39, 0.29) is 11.8 Å². The van der Waals surface area contributed by atoms with E-state index in [9.17, 15) is 9.59 Å². The first-order valence-electron chi connectivity index (χ1n) is 12.0. The second-order valence-corrected chi connectivity index (χ2v) is 9.57. The van der Waals surface area contributed by atoms with Crippen LogP contribution in [-0.4, -0.2) is 59.4 Å². The molecule has 0 spiro atoms. The Labute approximate surface area is 217 Å². The SMILES string of the molecule is CCCOc1ccc(-c2cc(C(=O)N3CCN(C(=O)c4ccco4)CC3)c3cc(Br)ccc3n2)cc1. The van der Waals surface area contributed by atoms with Gasteiger partial charge in [-0.1, -0.05) is 22.9 Å². The summed E-state index contributed by atoms with van der Waals surface area (Å²) in [6, 6.07) is 18.8. The summed E-state index contributed by atoms with van der Waals surface area (Å²) < 4.78 is 11.8. The molecule has 0 aliphatic carbocycles. The Morgan fingerprint density at radius 2 is 1.69 bits per heavy atom. The lowest BCUT2D eigenvalue weighted by molar-refractivity contribution is 0.0519. The molecule has 8 heteroatoms. The fourth-order valence-electron chi connectivity index (χ4n) is 4.30. The number of nitrogens with zero attached hydrogens (tertiary/aromatic N) is 3. The van der Waals surface area contributed by atoms with E-state index in [1.54, 1.807) is 21.9 Å². The Bertz CT molecular complexity index is 1380. The van der Waals surface area contributed by atoms with Crippen LogP contribution in [0, 0.1) is 0 Å². The van der Waals surface area contributed by atoms with Crippen LogP contribution in [0.4, 0.5) is 0 Å². The zero-order valence-corrected chi connectivity index (χ0v) is 21.5. The topological polar surface area (TPSA) is 75.9 Å². The van der Waals surface area contributed by atoms with Gasteiger partial charge in [-0.3, -0.25) is 9.59 Å². The van der Waals surface area contributed by atoms with Crippen molar-refractivity contribution in [1.82, 2.24) is 14.8 Å². The van der Waals surface area contributed by atoms with Gasteiger partial charge in [-0.25, -0.2) is 4.98 Å². The van der Waals surface area contributed by atoms with Gasteiger partial charge in [-0.15, -0.1) is 0 Å². The number of rotatable bonds is 6. The van der Waals surface area contributed by atoms with E-state index in [0.717, 1.165) is 38.8 Å². The fourth-order valence-corrected chi connectivity index (χ4v) is 4.66. The van der Waals surface area contributed by atoms with Gasteiger partial charge in [0.25, 0.3) is 11.8 Å². The van der Waals surface area contributed by atoms with Gasteiger partial charge in [0.2, 0.25) is 0 Å². The highest BCUT2D eigenvalue weighted by Crippen LogP contribution is 2.29. The van der Waals surface area contributed by atoms with E-state index >= 15 is 0 Å². The molecule has 3 heterocycles. The first-order chi connectivity index (χ1) is 17.5. The van der Waals surface area contributed by atoms with Crippen molar-refractivity contribution in [3.8, 4) is 17.0 Å². The summed E-state index contributed by atoms with van der Waals surface area (Å²) in [5.41, 5.74) is 2.97. The number of benzene rings is 2. The third-order valence-corrected chi connectivity index (χ3v) is 6.70. The minimum atomic E-state index is -0.154. The zero-order valence-electron chi connectivity index (χ0n) is 19.9. The lowest BCUT2D eigenvalue weighted by atomic mass is 10.0. The largest absolute Gasteiger partial charge is 0.494 e. The zero-order chi connectivity index (χ0) is 25.1. The van der Waals surface area contributed by atoms with Crippen LogP contribution in [0.25, 0.3) is 22.2 Å². The molecule has 0 unspecified atom stereocenters. The number of amides is 2.